The highest BCUT2D eigenvalue weighted by Crippen LogP contribution is 2.35. The van der Waals surface area contributed by atoms with Crippen LogP contribution < -0.4 is 10.6 Å². The van der Waals surface area contributed by atoms with Crippen LogP contribution in [0.15, 0.2) is 78.4 Å². The fourth-order valence-corrected chi connectivity index (χ4v) is 6.28. The van der Waals surface area contributed by atoms with E-state index in [-0.39, 0.29) is 23.4 Å². The first-order chi connectivity index (χ1) is 19.8. The summed E-state index contributed by atoms with van der Waals surface area (Å²) in [5, 5.41) is 9.50. The molecule has 8 heteroatoms. The van der Waals surface area contributed by atoms with Crippen molar-refractivity contribution in [3.8, 4) is 5.69 Å². The van der Waals surface area contributed by atoms with Gasteiger partial charge in [0.15, 0.2) is 0 Å². The highest BCUT2D eigenvalue weighted by Gasteiger charge is 2.33. The Morgan fingerprint density at radius 2 is 1.80 bits per heavy atom. The maximum atomic E-state index is 13.7. The Morgan fingerprint density at radius 3 is 2.41 bits per heavy atom. The summed E-state index contributed by atoms with van der Waals surface area (Å²) in [6.07, 6.45) is 7.71. The van der Waals surface area contributed by atoms with E-state index in [0.717, 1.165) is 48.6 Å². The van der Waals surface area contributed by atoms with E-state index < -0.39 is 0 Å². The lowest BCUT2D eigenvalue weighted by molar-refractivity contribution is 0.0735. The van der Waals surface area contributed by atoms with Crippen molar-refractivity contribution in [2.24, 2.45) is 0 Å². The molecule has 2 aromatic carbocycles. The van der Waals surface area contributed by atoms with Crippen molar-refractivity contribution in [3.05, 3.63) is 106 Å². The Morgan fingerprint density at radius 1 is 1.07 bits per heavy atom. The Kier molecular flexibility index (Phi) is 9.00. The second-order valence-electron chi connectivity index (χ2n) is 11.2. The van der Waals surface area contributed by atoms with Crippen molar-refractivity contribution in [2.45, 2.75) is 58.0 Å². The Bertz CT molecular complexity index is 1460. The molecule has 2 aliphatic rings. The predicted octanol–water partition coefficient (Wildman–Crippen LogP) is 6.09. The largest absolute Gasteiger partial charge is 0.352 e. The summed E-state index contributed by atoms with van der Waals surface area (Å²) in [5.41, 5.74) is 4.25. The third-order valence-electron chi connectivity index (χ3n) is 7.90. The predicted molar refractivity (Wildman–Crippen MR) is 165 cm³/mol. The van der Waals surface area contributed by atoms with E-state index in [1.807, 2.05) is 76.6 Å². The van der Waals surface area contributed by atoms with E-state index in [4.69, 9.17) is 0 Å². The van der Waals surface area contributed by atoms with Crippen molar-refractivity contribution in [1.82, 2.24) is 25.1 Å². The summed E-state index contributed by atoms with van der Waals surface area (Å²) in [6.45, 7) is 8.57. The summed E-state index contributed by atoms with van der Waals surface area (Å²) in [7, 11) is 0. The average Bonchev–Trinajstić information content (AvgIpc) is 3.74. The fourth-order valence-electron chi connectivity index (χ4n) is 5.33. The number of hydrogen-bond donors (Lipinski definition) is 2. The van der Waals surface area contributed by atoms with Gasteiger partial charge in [-0.05, 0) is 83.3 Å². The topological polar surface area (TPSA) is 79.3 Å². The number of nitrogens with one attached hydrogen (secondary N) is 2. The maximum absolute atomic E-state index is 13.7. The van der Waals surface area contributed by atoms with Crippen molar-refractivity contribution in [3.63, 3.8) is 0 Å². The molecule has 2 aromatic heterocycles. The normalized spacial score (nSPS) is 19.7. The molecule has 214 valence electrons. The van der Waals surface area contributed by atoms with E-state index in [0.29, 0.717) is 24.2 Å². The molecular formula is C33H39N5O2S. The van der Waals surface area contributed by atoms with Crippen LogP contribution in [0.4, 0.5) is 0 Å². The van der Waals surface area contributed by atoms with Crippen LogP contribution in [-0.4, -0.2) is 51.4 Å². The van der Waals surface area contributed by atoms with Crippen molar-refractivity contribution >= 4 is 23.2 Å². The molecule has 7 nitrogen and oxygen atoms in total. The first-order valence-electron chi connectivity index (χ1n) is 14.4. The van der Waals surface area contributed by atoms with Crippen LogP contribution in [0.1, 0.15) is 75.6 Å². The van der Waals surface area contributed by atoms with Gasteiger partial charge in [-0.2, -0.15) is 0 Å². The lowest BCUT2D eigenvalue weighted by atomic mass is 9.87. The minimum atomic E-state index is -0.153. The van der Waals surface area contributed by atoms with Crippen LogP contribution in [0.25, 0.3) is 5.69 Å². The number of aromatic nitrogens is 2. The molecule has 2 N–H and O–H groups in total. The van der Waals surface area contributed by atoms with Gasteiger partial charge in [0.2, 0.25) is 0 Å². The molecule has 0 aliphatic carbocycles. The van der Waals surface area contributed by atoms with Gasteiger partial charge in [-0.15, -0.1) is 11.3 Å². The van der Waals surface area contributed by atoms with Crippen LogP contribution >= 0.6 is 11.3 Å². The van der Waals surface area contributed by atoms with Crippen molar-refractivity contribution in [2.75, 3.05) is 19.6 Å². The number of benzene rings is 2. The zero-order valence-electron chi connectivity index (χ0n) is 24.1. The van der Waals surface area contributed by atoms with Gasteiger partial charge in [0, 0.05) is 58.9 Å². The second kappa shape index (κ2) is 12.8. The summed E-state index contributed by atoms with van der Waals surface area (Å²) in [5.74, 6) is -0.205. The van der Waals surface area contributed by atoms with Crippen LogP contribution in [0.3, 0.4) is 0 Å². The van der Waals surface area contributed by atoms with Gasteiger partial charge in [0.1, 0.15) is 5.01 Å². The summed E-state index contributed by atoms with van der Waals surface area (Å²) >= 11 is 1.61. The molecule has 0 bridgehead atoms. The summed E-state index contributed by atoms with van der Waals surface area (Å²) in [4.78, 5) is 33.3. The lowest BCUT2D eigenvalue weighted by Crippen LogP contribution is -2.55. The molecular weight excluding hydrogens is 530 g/mol. The van der Waals surface area contributed by atoms with Gasteiger partial charge < -0.3 is 20.1 Å². The molecule has 2 aliphatic heterocycles. The van der Waals surface area contributed by atoms with E-state index in [1.165, 1.54) is 5.56 Å². The number of amides is 2. The number of rotatable bonds is 7. The van der Waals surface area contributed by atoms with Gasteiger partial charge in [-0.25, -0.2) is 4.98 Å². The Hall–Kier alpha value is -3.75. The Balaban J connectivity index is 0.000000423. The quantitative estimate of drug-likeness (QED) is 0.283. The van der Waals surface area contributed by atoms with Gasteiger partial charge >= 0.3 is 0 Å². The maximum Gasteiger partial charge on any atom is 0.254 e. The van der Waals surface area contributed by atoms with E-state index in [1.54, 1.807) is 17.4 Å². The lowest BCUT2D eigenvalue weighted by Gasteiger charge is -2.40. The van der Waals surface area contributed by atoms with Gasteiger partial charge in [0.05, 0.1) is 6.04 Å². The van der Waals surface area contributed by atoms with Crippen LogP contribution in [-0.2, 0) is 0 Å². The highest BCUT2D eigenvalue weighted by atomic mass is 32.1. The molecule has 0 saturated carbocycles. The molecule has 4 aromatic rings. The van der Waals surface area contributed by atoms with E-state index >= 15 is 0 Å². The number of carbonyl (C=O) groups excluding carboxylic acids is 2. The monoisotopic (exact) mass is 569 g/mol. The molecule has 2 saturated heterocycles. The molecule has 4 heterocycles. The van der Waals surface area contributed by atoms with Crippen LogP contribution in [0, 0.1) is 13.8 Å². The number of carbonyl (C=O) groups is 2. The first kappa shape index (κ1) is 28.8. The number of nitrogens with zero attached hydrogens (tertiary/aromatic N) is 3. The molecule has 0 spiro atoms. The first-order valence-corrected chi connectivity index (χ1v) is 15.3. The SMILES string of the molecule is Cc1ccccc1.Cc1csc(C2CCCN2C(=O)c2cc(C(=O)NCCC3(C)CCN3)cc(-n3cccc3)c2)n1. The number of thiazole rings is 1. The van der Waals surface area contributed by atoms with Gasteiger partial charge in [-0.3, -0.25) is 9.59 Å². The van der Waals surface area contributed by atoms with Crippen LogP contribution in [0.2, 0.25) is 0 Å². The molecule has 2 atom stereocenters. The minimum Gasteiger partial charge on any atom is -0.352 e. The standard InChI is InChI=1S/C26H31N5O2S.C7H8/c1-18-17-34-24(29-18)22-6-5-13-31(22)25(33)20-14-19(15-21(16-20)30-11-3-4-12-30)23(32)27-9-7-26(2)8-10-28-26;1-7-5-3-2-4-6-7/h3-4,11-12,14-17,22,28H,5-10,13H2,1-2H3,(H,27,32);2-6H,1H3. The molecule has 6 rings (SSSR count). The molecule has 2 fully saturated rings. The zero-order chi connectivity index (χ0) is 28.8. The smallest absolute Gasteiger partial charge is 0.254 e. The van der Waals surface area contributed by atoms with E-state index in [2.05, 4.69) is 41.6 Å². The summed E-state index contributed by atoms with van der Waals surface area (Å²) in [6, 6.07) is 19.6. The fraction of sp³-hybridized carbons (Fsp3) is 0.364. The molecule has 2 amide bonds. The second-order valence-corrected chi connectivity index (χ2v) is 12.1. The number of hydrogen-bond acceptors (Lipinski definition) is 5. The van der Waals surface area contributed by atoms with Crippen molar-refractivity contribution < 1.29 is 9.59 Å². The van der Waals surface area contributed by atoms with Crippen LogP contribution in [0.5, 0.6) is 0 Å². The molecule has 2 unspecified atom stereocenters. The number of likely N-dealkylation sites (tertiary alicyclic amines) is 1. The molecule has 41 heavy (non-hydrogen) atoms. The van der Waals surface area contributed by atoms with Gasteiger partial charge in [-0.1, -0.05) is 35.9 Å². The average molecular weight is 570 g/mol. The van der Waals surface area contributed by atoms with E-state index in [9.17, 15) is 9.59 Å². The number of aryl methyl sites for hydroxylation is 2. The minimum absolute atomic E-state index is 0.00516. The zero-order valence-corrected chi connectivity index (χ0v) is 24.9. The third kappa shape index (κ3) is 7.13. The van der Waals surface area contributed by atoms with Gasteiger partial charge in [0.25, 0.3) is 11.8 Å². The van der Waals surface area contributed by atoms with Crippen molar-refractivity contribution in [1.29, 1.82) is 0 Å². The molecule has 0 radical (unpaired) electrons. The highest BCUT2D eigenvalue weighted by molar-refractivity contribution is 7.09. The third-order valence-corrected chi connectivity index (χ3v) is 8.96. The summed E-state index contributed by atoms with van der Waals surface area (Å²) < 4.78 is 1.93. The Labute approximate surface area is 246 Å².